The van der Waals surface area contributed by atoms with Crippen molar-refractivity contribution in [2.75, 3.05) is 19.5 Å². The first-order valence-electron chi connectivity index (χ1n) is 8.36. The molecule has 0 bridgehead atoms. The van der Waals surface area contributed by atoms with Gasteiger partial charge in [-0.3, -0.25) is 9.59 Å². The van der Waals surface area contributed by atoms with Crippen molar-refractivity contribution in [3.8, 4) is 11.5 Å². The van der Waals surface area contributed by atoms with Crippen LogP contribution in [0, 0.1) is 5.82 Å². The van der Waals surface area contributed by atoms with E-state index in [0.29, 0.717) is 22.7 Å². The van der Waals surface area contributed by atoms with Gasteiger partial charge in [-0.05, 0) is 35.9 Å². The molecule has 1 N–H and O–H groups in total. The summed E-state index contributed by atoms with van der Waals surface area (Å²) in [5.41, 5.74) is 0.873. The number of benzene rings is 2. The van der Waals surface area contributed by atoms with E-state index in [1.54, 1.807) is 30.3 Å². The third-order valence-electron chi connectivity index (χ3n) is 3.99. The predicted molar refractivity (Wildman–Crippen MR) is 101 cm³/mol. The summed E-state index contributed by atoms with van der Waals surface area (Å²) >= 11 is 0. The Balaban J connectivity index is 1.80. The lowest BCUT2D eigenvalue weighted by Crippen LogP contribution is -2.26. The lowest BCUT2D eigenvalue weighted by Gasteiger charge is -2.11. The van der Waals surface area contributed by atoms with Gasteiger partial charge in [-0.1, -0.05) is 12.1 Å². The van der Waals surface area contributed by atoms with Crippen LogP contribution in [0.1, 0.15) is 16.1 Å². The largest absolute Gasteiger partial charge is 0.493 e. The molecule has 0 spiro atoms. The highest BCUT2D eigenvalue weighted by Gasteiger charge is 2.12. The van der Waals surface area contributed by atoms with Gasteiger partial charge in [-0.2, -0.15) is 5.10 Å². The molecule has 0 radical (unpaired) electrons. The van der Waals surface area contributed by atoms with E-state index in [0.717, 1.165) is 4.68 Å². The second-order valence-corrected chi connectivity index (χ2v) is 5.86. The number of amides is 1. The van der Waals surface area contributed by atoms with E-state index in [1.807, 2.05) is 0 Å². The van der Waals surface area contributed by atoms with Crippen LogP contribution in [0.3, 0.4) is 0 Å². The van der Waals surface area contributed by atoms with Crippen molar-refractivity contribution in [3.63, 3.8) is 0 Å². The number of anilines is 1. The fraction of sp³-hybridized carbons (Fsp3) is 0.150. The standard InChI is InChI=1S/C20H18FN3O4/c1-27-17-9-7-15(11-18(17)28-2)22-20(26)16-8-10-19(25)24(23-16)12-13-3-5-14(21)6-4-13/h3-11H,12H2,1-2H3,(H,22,26). The minimum absolute atomic E-state index is 0.0662. The van der Waals surface area contributed by atoms with Crippen molar-refractivity contribution >= 4 is 11.6 Å². The van der Waals surface area contributed by atoms with Gasteiger partial charge in [-0.15, -0.1) is 0 Å². The van der Waals surface area contributed by atoms with E-state index in [9.17, 15) is 14.0 Å². The van der Waals surface area contributed by atoms with Crippen molar-refractivity contribution in [3.05, 3.63) is 82.0 Å². The average molecular weight is 383 g/mol. The fourth-order valence-electron chi connectivity index (χ4n) is 2.56. The Bertz CT molecular complexity index is 1050. The summed E-state index contributed by atoms with van der Waals surface area (Å²) in [4.78, 5) is 24.6. The van der Waals surface area contributed by atoms with Crippen molar-refractivity contribution < 1.29 is 18.7 Å². The van der Waals surface area contributed by atoms with Gasteiger partial charge in [0, 0.05) is 17.8 Å². The Morgan fingerprint density at radius 1 is 1.04 bits per heavy atom. The van der Waals surface area contributed by atoms with Gasteiger partial charge < -0.3 is 14.8 Å². The first kappa shape index (κ1) is 19.1. The molecule has 3 rings (SSSR count). The molecule has 1 heterocycles. The molecule has 0 aliphatic heterocycles. The third-order valence-corrected chi connectivity index (χ3v) is 3.99. The molecular formula is C20H18FN3O4. The molecule has 0 fully saturated rings. The molecule has 2 aromatic carbocycles. The van der Waals surface area contributed by atoms with Crippen LogP contribution in [0.4, 0.5) is 10.1 Å². The highest BCUT2D eigenvalue weighted by atomic mass is 19.1. The van der Waals surface area contributed by atoms with Crippen LogP contribution in [0.5, 0.6) is 11.5 Å². The van der Waals surface area contributed by atoms with Crippen LogP contribution in [0.2, 0.25) is 0 Å². The lowest BCUT2D eigenvalue weighted by molar-refractivity contribution is 0.102. The highest BCUT2D eigenvalue weighted by molar-refractivity contribution is 6.02. The summed E-state index contributed by atoms with van der Waals surface area (Å²) in [5.74, 6) is 0.146. The van der Waals surface area contributed by atoms with E-state index in [2.05, 4.69) is 10.4 Å². The number of nitrogens with zero attached hydrogens (tertiary/aromatic N) is 2. The van der Waals surface area contributed by atoms with Crippen LogP contribution >= 0.6 is 0 Å². The van der Waals surface area contributed by atoms with Gasteiger partial charge in [0.25, 0.3) is 11.5 Å². The van der Waals surface area contributed by atoms with Gasteiger partial charge in [0.15, 0.2) is 11.5 Å². The monoisotopic (exact) mass is 383 g/mol. The smallest absolute Gasteiger partial charge is 0.276 e. The number of hydrogen-bond donors (Lipinski definition) is 1. The number of carbonyl (C=O) groups is 1. The maximum absolute atomic E-state index is 13.0. The molecule has 7 nitrogen and oxygen atoms in total. The minimum Gasteiger partial charge on any atom is -0.493 e. The van der Waals surface area contributed by atoms with Crippen LogP contribution in [0.15, 0.2) is 59.4 Å². The van der Waals surface area contributed by atoms with Crippen LogP contribution < -0.4 is 20.3 Å². The first-order valence-corrected chi connectivity index (χ1v) is 8.36. The van der Waals surface area contributed by atoms with Crippen molar-refractivity contribution in [1.29, 1.82) is 0 Å². The van der Waals surface area contributed by atoms with Gasteiger partial charge >= 0.3 is 0 Å². The van der Waals surface area contributed by atoms with Crippen molar-refractivity contribution in [2.45, 2.75) is 6.54 Å². The Kier molecular flexibility index (Phi) is 5.69. The number of carbonyl (C=O) groups excluding carboxylic acids is 1. The first-order chi connectivity index (χ1) is 13.5. The summed E-state index contributed by atoms with van der Waals surface area (Å²) in [6.07, 6.45) is 0. The van der Waals surface area contributed by atoms with E-state index < -0.39 is 5.91 Å². The molecule has 1 amide bonds. The number of halogens is 1. The maximum atomic E-state index is 13.0. The molecule has 0 unspecified atom stereocenters. The third kappa shape index (κ3) is 4.35. The lowest BCUT2D eigenvalue weighted by atomic mass is 10.2. The Morgan fingerprint density at radius 2 is 1.75 bits per heavy atom. The van der Waals surface area contributed by atoms with Crippen molar-refractivity contribution in [1.82, 2.24) is 9.78 Å². The van der Waals surface area contributed by atoms with Crippen LogP contribution in [0.25, 0.3) is 0 Å². The number of aromatic nitrogens is 2. The summed E-state index contributed by atoms with van der Waals surface area (Å²) < 4.78 is 24.6. The quantitative estimate of drug-likeness (QED) is 0.708. The summed E-state index contributed by atoms with van der Waals surface area (Å²) in [6.45, 7) is 0.122. The molecule has 8 heteroatoms. The Labute approximate surface area is 160 Å². The van der Waals surface area contributed by atoms with E-state index in [4.69, 9.17) is 9.47 Å². The molecule has 0 saturated carbocycles. The second-order valence-electron chi connectivity index (χ2n) is 5.86. The van der Waals surface area contributed by atoms with Crippen LogP contribution in [-0.2, 0) is 6.54 Å². The molecule has 0 saturated heterocycles. The highest BCUT2D eigenvalue weighted by Crippen LogP contribution is 2.29. The number of ether oxygens (including phenoxy) is 2. The number of rotatable bonds is 6. The zero-order valence-electron chi connectivity index (χ0n) is 15.3. The molecule has 28 heavy (non-hydrogen) atoms. The molecular weight excluding hydrogens is 365 g/mol. The molecule has 0 atom stereocenters. The average Bonchev–Trinajstić information content (AvgIpc) is 2.71. The Hall–Kier alpha value is -3.68. The number of methoxy groups -OCH3 is 2. The molecule has 3 aromatic rings. The van der Waals surface area contributed by atoms with Crippen LogP contribution in [-0.4, -0.2) is 29.9 Å². The predicted octanol–water partition coefficient (Wildman–Crippen LogP) is 2.70. The molecule has 1 aromatic heterocycles. The number of hydrogen-bond acceptors (Lipinski definition) is 5. The fourth-order valence-corrected chi connectivity index (χ4v) is 2.56. The van der Waals surface area contributed by atoms with Gasteiger partial charge in [-0.25, -0.2) is 9.07 Å². The normalized spacial score (nSPS) is 10.4. The maximum Gasteiger partial charge on any atom is 0.276 e. The van der Waals surface area contributed by atoms with Crippen molar-refractivity contribution in [2.24, 2.45) is 0 Å². The van der Waals surface area contributed by atoms with E-state index in [-0.39, 0.29) is 23.6 Å². The molecule has 0 aliphatic carbocycles. The van der Waals surface area contributed by atoms with Gasteiger partial charge in [0.05, 0.1) is 20.8 Å². The topological polar surface area (TPSA) is 82.5 Å². The Morgan fingerprint density at radius 3 is 2.43 bits per heavy atom. The van der Waals surface area contributed by atoms with E-state index >= 15 is 0 Å². The van der Waals surface area contributed by atoms with Gasteiger partial charge in [0.2, 0.25) is 0 Å². The zero-order valence-corrected chi connectivity index (χ0v) is 15.3. The van der Waals surface area contributed by atoms with E-state index in [1.165, 1.54) is 38.5 Å². The minimum atomic E-state index is -0.486. The second kappa shape index (κ2) is 8.34. The number of nitrogens with one attached hydrogen (secondary N) is 1. The van der Waals surface area contributed by atoms with Gasteiger partial charge in [0.1, 0.15) is 11.5 Å². The SMILES string of the molecule is COc1ccc(NC(=O)c2ccc(=O)n(Cc3ccc(F)cc3)n2)cc1OC. The molecule has 144 valence electrons. The summed E-state index contributed by atoms with van der Waals surface area (Å²) in [6, 6.07) is 13.3. The summed E-state index contributed by atoms with van der Waals surface area (Å²) in [5, 5.41) is 6.81. The molecule has 0 aliphatic rings. The summed E-state index contributed by atoms with van der Waals surface area (Å²) in [7, 11) is 3.01. The zero-order chi connectivity index (χ0) is 20.1.